The Morgan fingerprint density at radius 1 is 1.27 bits per heavy atom. The molecule has 0 spiro atoms. The lowest BCUT2D eigenvalue weighted by Crippen LogP contribution is -2.52. The van der Waals surface area contributed by atoms with Crippen molar-refractivity contribution < 1.29 is 14.4 Å². The molecule has 6 nitrogen and oxygen atoms in total. The van der Waals surface area contributed by atoms with Gasteiger partial charge in [0.1, 0.15) is 0 Å². The van der Waals surface area contributed by atoms with Gasteiger partial charge in [0.15, 0.2) is 11.6 Å². The van der Waals surface area contributed by atoms with Gasteiger partial charge in [-0.3, -0.25) is 5.32 Å². The summed E-state index contributed by atoms with van der Waals surface area (Å²) in [6.07, 6.45) is 1.28. The summed E-state index contributed by atoms with van der Waals surface area (Å²) in [5.41, 5.74) is 0.270. The molecular formula is C16H21N3O3. The number of hydrogen-bond acceptors (Lipinski definition) is 4. The minimum atomic E-state index is -0.615. The summed E-state index contributed by atoms with van der Waals surface area (Å²) in [6.45, 7) is 3.73. The Balaban J connectivity index is 2.02. The van der Waals surface area contributed by atoms with Gasteiger partial charge in [-0.25, -0.2) is 4.79 Å². The Labute approximate surface area is 129 Å². The summed E-state index contributed by atoms with van der Waals surface area (Å²) in [7, 11) is 0. The van der Waals surface area contributed by atoms with Crippen LogP contribution in [0, 0.1) is 0 Å². The molecule has 1 aromatic carbocycles. The molecule has 0 radical (unpaired) electrons. The van der Waals surface area contributed by atoms with E-state index < -0.39 is 11.6 Å². The van der Waals surface area contributed by atoms with Crippen molar-refractivity contribution in [2.75, 3.05) is 11.9 Å². The van der Waals surface area contributed by atoms with E-state index in [4.69, 9.17) is 4.52 Å². The molecule has 0 aliphatic carbocycles. The first-order valence-corrected chi connectivity index (χ1v) is 7.34. The van der Waals surface area contributed by atoms with Gasteiger partial charge in [-0.05, 0) is 12.8 Å². The summed E-state index contributed by atoms with van der Waals surface area (Å²) in [6, 6.07) is 10.8. The lowest BCUT2D eigenvalue weighted by Gasteiger charge is -2.30. The number of hydrogen-bond donors (Lipinski definition) is 3. The van der Waals surface area contributed by atoms with E-state index in [1.165, 1.54) is 0 Å². The van der Waals surface area contributed by atoms with Crippen LogP contribution in [0.5, 0.6) is 0 Å². The minimum absolute atomic E-state index is 0.110. The van der Waals surface area contributed by atoms with Crippen LogP contribution in [0.2, 0.25) is 0 Å². The topological polar surface area (TPSA) is 87.4 Å². The van der Waals surface area contributed by atoms with Gasteiger partial charge in [-0.2, -0.15) is 0 Å². The highest BCUT2D eigenvalue weighted by Gasteiger charge is 2.27. The first kappa shape index (κ1) is 16.0. The molecule has 22 heavy (non-hydrogen) atoms. The molecule has 1 aromatic heterocycles. The Morgan fingerprint density at radius 2 is 1.95 bits per heavy atom. The predicted molar refractivity (Wildman–Crippen MR) is 84.5 cm³/mol. The lowest BCUT2D eigenvalue weighted by atomic mass is 9.94. The zero-order valence-corrected chi connectivity index (χ0v) is 12.8. The van der Waals surface area contributed by atoms with Crippen molar-refractivity contribution in [2.45, 2.75) is 32.2 Å². The predicted octanol–water partition coefficient (Wildman–Crippen LogP) is 3.01. The number of amides is 2. The maximum absolute atomic E-state index is 12.0. The number of rotatable bonds is 6. The Morgan fingerprint density at radius 3 is 2.55 bits per heavy atom. The van der Waals surface area contributed by atoms with Crippen molar-refractivity contribution in [2.24, 2.45) is 0 Å². The average molecular weight is 303 g/mol. The number of aromatic nitrogens is 1. The molecule has 0 bridgehead atoms. The fourth-order valence-corrected chi connectivity index (χ4v) is 2.15. The number of benzene rings is 1. The van der Waals surface area contributed by atoms with E-state index in [9.17, 15) is 9.90 Å². The van der Waals surface area contributed by atoms with Gasteiger partial charge in [-0.15, -0.1) is 0 Å². The quantitative estimate of drug-likeness (QED) is 0.765. The monoisotopic (exact) mass is 303 g/mol. The first-order valence-electron chi connectivity index (χ1n) is 7.34. The second-order valence-electron chi connectivity index (χ2n) is 5.17. The van der Waals surface area contributed by atoms with E-state index in [1.807, 2.05) is 44.2 Å². The molecule has 0 fully saturated rings. The van der Waals surface area contributed by atoms with E-state index in [2.05, 4.69) is 15.8 Å². The zero-order valence-electron chi connectivity index (χ0n) is 12.8. The van der Waals surface area contributed by atoms with Crippen LogP contribution >= 0.6 is 0 Å². The molecule has 118 valence electrons. The number of aliphatic hydroxyl groups is 1. The van der Waals surface area contributed by atoms with E-state index in [1.54, 1.807) is 6.07 Å². The minimum Gasteiger partial charge on any atom is -0.394 e. The van der Waals surface area contributed by atoms with E-state index in [0.717, 1.165) is 5.56 Å². The van der Waals surface area contributed by atoms with Gasteiger partial charge >= 0.3 is 6.03 Å². The standard InChI is InChI=1S/C16H21N3O3/c1-3-16(4-2,11-20)18-15(21)17-14-10-13(22-19-14)12-8-6-5-7-9-12/h5-10,20H,3-4,11H2,1-2H3,(H2,17,18,19,21). The van der Waals surface area contributed by atoms with Crippen molar-refractivity contribution in [1.29, 1.82) is 0 Å². The zero-order chi connectivity index (χ0) is 16.0. The highest BCUT2D eigenvalue weighted by Crippen LogP contribution is 2.22. The lowest BCUT2D eigenvalue weighted by molar-refractivity contribution is 0.155. The molecule has 1 heterocycles. The van der Waals surface area contributed by atoms with E-state index in [0.29, 0.717) is 24.4 Å². The van der Waals surface area contributed by atoms with Crippen molar-refractivity contribution in [3.8, 4) is 11.3 Å². The van der Waals surface area contributed by atoms with Crippen molar-refractivity contribution in [1.82, 2.24) is 10.5 Å². The SMILES string of the molecule is CCC(CC)(CO)NC(=O)Nc1cc(-c2ccccc2)on1. The van der Waals surface area contributed by atoms with Crippen LogP contribution in [0.25, 0.3) is 11.3 Å². The Kier molecular flexibility index (Phi) is 5.16. The summed E-state index contributed by atoms with van der Waals surface area (Å²) in [5, 5.41) is 18.7. The molecule has 0 aliphatic heterocycles. The average Bonchev–Trinajstić information content (AvgIpc) is 3.02. The largest absolute Gasteiger partial charge is 0.394 e. The third kappa shape index (κ3) is 3.65. The molecular weight excluding hydrogens is 282 g/mol. The van der Waals surface area contributed by atoms with Crippen LogP contribution in [0.4, 0.5) is 10.6 Å². The van der Waals surface area contributed by atoms with Crippen LogP contribution in [-0.4, -0.2) is 28.4 Å². The molecule has 0 aliphatic rings. The molecule has 0 saturated heterocycles. The van der Waals surface area contributed by atoms with Crippen LogP contribution < -0.4 is 10.6 Å². The molecule has 3 N–H and O–H groups in total. The van der Waals surface area contributed by atoms with Crippen LogP contribution in [0.3, 0.4) is 0 Å². The smallest absolute Gasteiger partial charge is 0.321 e. The summed E-state index contributed by atoms with van der Waals surface area (Å²) >= 11 is 0. The normalized spacial score (nSPS) is 11.2. The maximum Gasteiger partial charge on any atom is 0.321 e. The maximum atomic E-state index is 12.0. The third-order valence-corrected chi connectivity index (χ3v) is 3.84. The number of nitrogens with zero attached hydrogens (tertiary/aromatic N) is 1. The molecule has 2 rings (SSSR count). The number of anilines is 1. The number of nitrogens with one attached hydrogen (secondary N) is 2. The summed E-state index contributed by atoms with van der Waals surface area (Å²) in [4.78, 5) is 12.0. The molecule has 2 amide bonds. The molecule has 0 unspecified atom stereocenters. The van der Waals surface area contributed by atoms with Crippen molar-refractivity contribution in [3.63, 3.8) is 0 Å². The Hall–Kier alpha value is -2.34. The second kappa shape index (κ2) is 7.09. The van der Waals surface area contributed by atoms with Gasteiger partial charge in [0, 0.05) is 11.6 Å². The molecule has 2 aromatic rings. The van der Waals surface area contributed by atoms with Gasteiger partial charge in [0.25, 0.3) is 0 Å². The highest BCUT2D eigenvalue weighted by atomic mass is 16.5. The van der Waals surface area contributed by atoms with E-state index in [-0.39, 0.29) is 6.61 Å². The fourth-order valence-electron chi connectivity index (χ4n) is 2.15. The molecule has 6 heteroatoms. The van der Waals surface area contributed by atoms with Crippen LogP contribution in [0.1, 0.15) is 26.7 Å². The number of urea groups is 1. The van der Waals surface area contributed by atoms with Crippen LogP contribution in [0.15, 0.2) is 40.9 Å². The van der Waals surface area contributed by atoms with Crippen molar-refractivity contribution in [3.05, 3.63) is 36.4 Å². The first-order chi connectivity index (χ1) is 10.6. The summed E-state index contributed by atoms with van der Waals surface area (Å²) in [5.74, 6) is 0.908. The van der Waals surface area contributed by atoms with Crippen molar-refractivity contribution >= 4 is 11.8 Å². The van der Waals surface area contributed by atoms with Gasteiger partial charge < -0.3 is 14.9 Å². The van der Waals surface area contributed by atoms with Gasteiger partial charge in [-0.1, -0.05) is 49.3 Å². The number of aliphatic hydroxyl groups excluding tert-OH is 1. The summed E-state index contributed by atoms with van der Waals surface area (Å²) < 4.78 is 5.22. The number of carbonyl (C=O) groups excluding carboxylic acids is 1. The fraction of sp³-hybridized carbons (Fsp3) is 0.375. The second-order valence-corrected chi connectivity index (χ2v) is 5.17. The van der Waals surface area contributed by atoms with Gasteiger partial charge in [0.2, 0.25) is 0 Å². The molecule has 0 atom stereocenters. The Bertz CT molecular complexity index is 598. The highest BCUT2D eigenvalue weighted by molar-refractivity contribution is 5.89. The molecule has 0 saturated carbocycles. The van der Waals surface area contributed by atoms with E-state index >= 15 is 0 Å². The number of carbonyl (C=O) groups is 1. The van der Waals surface area contributed by atoms with Gasteiger partial charge in [0.05, 0.1) is 12.1 Å². The van der Waals surface area contributed by atoms with Crippen LogP contribution in [-0.2, 0) is 0 Å². The third-order valence-electron chi connectivity index (χ3n) is 3.84.